The number of hydrogen-bond donors (Lipinski definition) is 1. The Kier molecular flexibility index (Phi) is 3.20. The molecule has 0 spiro atoms. The molecule has 0 fully saturated rings. The van der Waals surface area contributed by atoms with Crippen molar-refractivity contribution in [3.05, 3.63) is 58.9 Å². The molecule has 1 N–H and O–H groups in total. The largest absolute Gasteiger partial charge is 0.361 e. The molecule has 1 aromatic heterocycles. The van der Waals surface area contributed by atoms with Gasteiger partial charge in [0.05, 0.1) is 0 Å². The second-order valence-electron chi connectivity index (χ2n) is 3.32. The fraction of sp³-hybridized carbons (Fsp3) is 0.0769. The molecule has 1 heterocycles. The van der Waals surface area contributed by atoms with Crippen molar-refractivity contribution in [1.82, 2.24) is 0 Å². The van der Waals surface area contributed by atoms with E-state index in [2.05, 4.69) is 41.9 Å². The summed E-state index contributed by atoms with van der Waals surface area (Å²) in [4.78, 5) is 1.30. The molecule has 0 aliphatic heterocycles. The summed E-state index contributed by atoms with van der Waals surface area (Å²) < 4.78 is 0. The van der Waals surface area contributed by atoms with Crippen LogP contribution in [0.3, 0.4) is 0 Å². The van der Waals surface area contributed by atoms with Gasteiger partial charge in [-0.15, -0.1) is 11.3 Å². The number of rotatable bonds is 3. The highest BCUT2D eigenvalue weighted by Gasteiger charge is 1.94. The molecular formula is C13H13NS. The lowest BCUT2D eigenvalue weighted by Gasteiger charge is -2.01. The summed E-state index contributed by atoms with van der Waals surface area (Å²) in [5, 5.41) is 5.37. The summed E-state index contributed by atoms with van der Waals surface area (Å²) in [6.07, 6.45) is 2.04. The van der Waals surface area contributed by atoms with Gasteiger partial charge in [0.1, 0.15) is 0 Å². The molecule has 76 valence electrons. The molecule has 0 unspecified atom stereocenters. The van der Waals surface area contributed by atoms with E-state index >= 15 is 0 Å². The van der Waals surface area contributed by atoms with Gasteiger partial charge in [-0.3, -0.25) is 0 Å². The second kappa shape index (κ2) is 4.80. The fourth-order valence-corrected chi connectivity index (χ4v) is 2.01. The summed E-state index contributed by atoms with van der Waals surface area (Å²) in [6, 6.07) is 14.4. The van der Waals surface area contributed by atoms with E-state index in [0.717, 1.165) is 5.69 Å². The smallest absolute Gasteiger partial charge is 0.0379 e. The zero-order valence-electron chi connectivity index (χ0n) is 8.60. The summed E-state index contributed by atoms with van der Waals surface area (Å²) in [7, 11) is 0. The number of thiophene rings is 1. The van der Waals surface area contributed by atoms with E-state index in [-0.39, 0.29) is 0 Å². The third kappa shape index (κ3) is 2.70. The van der Waals surface area contributed by atoms with Crippen molar-refractivity contribution in [2.45, 2.75) is 6.92 Å². The van der Waals surface area contributed by atoms with Crippen molar-refractivity contribution in [3.63, 3.8) is 0 Å². The van der Waals surface area contributed by atoms with Crippen LogP contribution in [0.5, 0.6) is 0 Å². The number of anilines is 1. The maximum absolute atomic E-state index is 3.28. The van der Waals surface area contributed by atoms with E-state index in [0.29, 0.717) is 0 Å². The van der Waals surface area contributed by atoms with Gasteiger partial charge in [-0.25, -0.2) is 0 Å². The van der Waals surface area contributed by atoms with Crippen LogP contribution in [-0.4, -0.2) is 0 Å². The maximum atomic E-state index is 3.28. The third-order valence-corrected chi connectivity index (χ3v) is 3.14. The highest BCUT2D eigenvalue weighted by molar-refractivity contribution is 7.11. The van der Waals surface area contributed by atoms with Gasteiger partial charge in [0.2, 0.25) is 0 Å². The van der Waals surface area contributed by atoms with Crippen LogP contribution in [-0.2, 0) is 0 Å². The second-order valence-corrected chi connectivity index (χ2v) is 4.26. The lowest BCUT2D eigenvalue weighted by molar-refractivity contribution is 1.56. The Balaban J connectivity index is 2.06. The Morgan fingerprint density at radius 2 is 1.93 bits per heavy atom. The number of para-hydroxylation sites is 1. The first-order chi connectivity index (χ1) is 7.36. The average molecular weight is 215 g/mol. The Bertz CT molecular complexity index is 429. The van der Waals surface area contributed by atoms with Crippen LogP contribution in [0.2, 0.25) is 0 Å². The molecule has 1 nitrogen and oxygen atoms in total. The molecule has 0 aliphatic rings. The average Bonchev–Trinajstić information content (AvgIpc) is 2.81. The predicted molar refractivity (Wildman–Crippen MR) is 68.0 cm³/mol. The number of allylic oxidation sites excluding steroid dienone is 1. The Morgan fingerprint density at radius 3 is 2.60 bits per heavy atom. The molecule has 2 heteroatoms. The first-order valence-electron chi connectivity index (χ1n) is 4.88. The van der Waals surface area contributed by atoms with E-state index in [1.807, 2.05) is 24.4 Å². The van der Waals surface area contributed by atoms with Crippen LogP contribution in [0.4, 0.5) is 5.69 Å². The quantitative estimate of drug-likeness (QED) is 0.808. The summed E-state index contributed by atoms with van der Waals surface area (Å²) in [5.74, 6) is 0. The maximum Gasteiger partial charge on any atom is 0.0379 e. The molecule has 2 rings (SSSR count). The highest BCUT2D eigenvalue weighted by Crippen LogP contribution is 2.19. The predicted octanol–water partition coefficient (Wildman–Crippen LogP) is 4.22. The Hall–Kier alpha value is -1.54. The molecule has 0 amide bonds. The minimum Gasteiger partial charge on any atom is -0.361 e. The van der Waals surface area contributed by atoms with Crippen molar-refractivity contribution >= 4 is 22.6 Å². The van der Waals surface area contributed by atoms with Gasteiger partial charge < -0.3 is 5.32 Å². The minimum atomic E-state index is 1.12. The molecule has 0 aliphatic carbocycles. The number of benzene rings is 1. The molecule has 0 radical (unpaired) electrons. The Labute approximate surface area is 94.1 Å². The van der Waals surface area contributed by atoms with Gasteiger partial charge in [0.15, 0.2) is 0 Å². The number of hydrogen-bond acceptors (Lipinski definition) is 2. The van der Waals surface area contributed by atoms with Crippen molar-refractivity contribution in [1.29, 1.82) is 0 Å². The summed E-state index contributed by atoms with van der Waals surface area (Å²) in [5.41, 5.74) is 2.38. The highest BCUT2D eigenvalue weighted by atomic mass is 32.1. The van der Waals surface area contributed by atoms with E-state index in [4.69, 9.17) is 0 Å². The SMILES string of the molecule is C/C(=C\Nc1ccccc1)c1cccs1. The van der Waals surface area contributed by atoms with Crippen molar-refractivity contribution in [2.24, 2.45) is 0 Å². The zero-order chi connectivity index (χ0) is 10.5. The van der Waals surface area contributed by atoms with Gasteiger partial charge in [0, 0.05) is 16.8 Å². The van der Waals surface area contributed by atoms with Crippen LogP contribution < -0.4 is 5.32 Å². The first kappa shape index (κ1) is 9.99. The van der Waals surface area contributed by atoms with Crippen LogP contribution in [0.1, 0.15) is 11.8 Å². The molecule has 1 aromatic carbocycles. The van der Waals surface area contributed by atoms with E-state index in [1.54, 1.807) is 11.3 Å². The van der Waals surface area contributed by atoms with Gasteiger partial charge in [-0.2, -0.15) is 0 Å². The van der Waals surface area contributed by atoms with Crippen LogP contribution in [0, 0.1) is 0 Å². The van der Waals surface area contributed by atoms with Gasteiger partial charge >= 0.3 is 0 Å². The van der Waals surface area contributed by atoms with Crippen LogP contribution >= 0.6 is 11.3 Å². The van der Waals surface area contributed by atoms with E-state index < -0.39 is 0 Å². The van der Waals surface area contributed by atoms with Crippen LogP contribution in [0.25, 0.3) is 5.57 Å². The zero-order valence-corrected chi connectivity index (χ0v) is 9.42. The topological polar surface area (TPSA) is 12.0 Å². The molecule has 0 saturated carbocycles. The normalized spacial score (nSPS) is 11.4. The fourth-order valence-electron chi connectivity index (χ4n) is 1.30. The van der Waals surface area contributed by atoms with E-state index in [9.17, 15) is 0 Å². The molecule has 0 atom stereocenters. The Morgan fingerprint density at radius 1 is 1.13 bits per heavy atom. The number of nitrogens with one attached hydrogen (secondary N) is 1. The van der Waals surface area contributed by atoms with Crippen LogP contribution in [0.15, 0.2) is 54.0 Å². The monoisotopic (exact) mass is 215 g/mol. The minimum absolute atomic E-state index is 1.12. The van der Waals surface area contributed by atoms with Crippen molar-refractivity contribution in [2.75, 3.05) is 5.32 Å². The van der Waals surface area contributed by atoms with Gasteiger partial charge in [-0.1, -0.05) is 24.3 Å². The molecule has 0 bridgehead atoms. The first-order valence-corrected chi connectivity index (χ1v) is 5.76. The van der Waals surface area contributed by atoms with Gasteiger partial charge in [0.25, 0.3) is 0 Å². The van der Waals surface area contributed by atoms with Crippen molar-refractivity contribution < 1.29 is 0 Å². The molecule has 2 aromatic rings. The molecule has 0 saturated heterocycles. The lowest BCUT2D eigenvalue weighted by atomic mass is 10.2. The summed E-state index contributed by atoms with van der Waals surface area (Å²) >= 11 is 1.76. The molecular weight excluding hydrogens is 202 g/mol. The molecule has 15 heavy (non-hydrogen) atoms. The summed E-state index contributed by atoms with van der Waals surface area (Å²) in [6.45, 7) is 2.11. The third-order valence-electron chi connectivity index (χ3n) is 2.14. The standard InChI is InChI=1S/C13H13NS/c1-11(13-8-5-9-15-13)10-14-12-6-3-2-4-7-12/h2-10,14H,1H3/b11-10+. The van der Waals surface area contributed by atoms with Gasteiger partial charge in [-0.05, 0) is 36.1 Å². The van der Waals surface area contributed by atoms with E-state index in [1.165, 1.54) is 10.5 Å². The van der Waals surface area contributed by atoms with Crippen molar-refractivity contribution in [3.8, 4) is 0 Å². The lowest BCUT2D eigenvalue weighted by Crippen LogP contribution is -1.87.